The molecule has 2 aliphatic rings. The van der Waals surface area contributed by atoms with Crippen molar-refractivity contribution < 1.29 is 23.8 Å². The second-order valence-electron chi connectivity index (χ2n) is 8.69. The van der Waals surface area contributed by atoms with Gasteiger partial charge in [0.1, 0.15) is 5.82 Å². The van der Waals surface area contributed by atoms with Crippen LogP contribution < -0.4 is 20.1 Å². The first kappa shape index (κ1) is 23.3. The number of piperidine rings is 1. The van der Waals surface area contributed by atoms with Crippen LogP contribution in [-0.2, 0) is 17.8 Å². The average molecular weight is 483 g/mol. The van der Waals surface area contributed by atoms with Crippen molar-refractivity contribution >= 4 is 22.8 Å². The van der Waals surface area contributed by atoms with Crippen LogP contribution in [0, 0.1) is 5.82 Å². The summed E-state index contributed by atoms with van der Waals surface area (Å²) in [7, 11) is 1.52. The van der Waals surface area contributed by atoms with Gasteiger partial charge in [-0.1, -0.05) is 0 Å². The molecule has 0 spiro atoms. The number of aliphatic hydroxyl groups excluding tert-OH is 1. The van der Waals surface area contributed by atoms with E-state index in [1.54, 1.807) is 18.2 Å². The molecule has 3 aromatic heterocycles. The smallest absolute Gasteiger partial charge is 0.263 e. The monoisotopic (exact) mass is 482 g/mol. The molecule has 1 amide bonds. The third-order valence-electron chi connectivity index (χ3n) is 6.37. The van der Waals surface area contributed by atoms with E-state index in [9.17, 15) is 14.3 Å². The number of anilines is 1. The molecule has 2 aliphatic heterocycles. The summed E-state index contributed by atoms with van der Waals surface area (Å²) in [5.74, 6) is 0.756. The van der Waals surface area contributed by atoms with E-state index in [4.69, 9.17) is 9.47 Å². The third-order valence-corrected chi connectivity index (χ3v) is 6.37. The van der Waals surface area contributed by atoms with Crippen LogP contribution in [0.4, 0.5) is 10.2 Å². The number of fused-ring (bicyclic) bond motifs is 2. The number of aliphatic hydroxyl groups is 1. The fourth-order valence-electron chi connectivity index (χ4n) is 4.48. The van der Waals surface area contributed by atoms with Gasteiger partial charge in [0.2, 0.25) is 5.88 Å². The minimum atomic E-state index is -0.582. The van der Waals surface area contributed by atoms with E-state index in [0.717, 1.165) is 18.7 Å². The van der Waals surface area contributed by atoms with Crippen LogP contribution in [-0.4, -0.2) is 76.4 Å². The Hall–Kier alpha value is -3.41. The predicted molar refractivity (Wildman–Crippen MR) is 126 cm³/mol. The number of nitrogens with zero attached hydrogens (tertiary/aromatic N) is 4. The highest BCUT2D eigenvalue weighted by Gasteiger charge is 2.28. The number of β-amino-alcohol motifs (C(OH)–C–C–N with tert-alkyl or cyclic N) is 1. The maximum absolute atomic E-state index is 14.6. The highest BCUT2D eigenvalue weighted by atomic mass is 19.1. The summed E-state index contributed by atoms with van der Waals surface area (Å²) < 4.78 is 25.1. The number of carbonyl (C=O) groups excluding carboxylic acids is 1. The topological polar surface area (TPSA) is 122 Å². The van der Waals surface area contributed by atoms with E-state index in [0.29, 0.717) is 60.1 Å². The van der Waals surface area contributed by atoms with Crippen LogP contribution >= 0.6 is 0 Å². The van der Waals surface area contributed by atoms with Crippen LogP contribution in [0.5, 0.6) is 11.6 Å². The largest absolute Gasteiger partial charge is 0.481 e. The molecule has 0 unspecified atom stereocenters. The molecule has 0 saturated carbocycles. The Bertz CT molecular complexity index is 1240. The lowest BCUT2D eigenvalue weighted by Crippen LogP contribution is -2.52. The molecule has 2 atom stereocenters. The first-order valence-electron chi connectivity index (χ1n) is 11.5. The summed E-state index contributed by atoms with van der Waals surface area (Å²) in [4.78, 5) is 26.6. The first-order chi connectivity index (χ1) is 17.0. The van der Waals surface area contributed by atoms with Crippen LogP contribution in [0.25, 0.3) is 11.0 Å². The molecular weight excluding hydrogens is 455 g/mol. The molecule has 0 bridgehead atoms. The highest BCUT2D eigenvalue weighted by molar-refractivity contribution is 5.94. The van der Waals surface area contributed by atoms with Gasteiger partial charge in [0.25, 0.3) is 5.91 Å². The van der Waals surface area contributed by atoms with E-state index in [2.05, 4.69) is 30.5 Å². The number of amides is 1. The Morgan fingerprint density at radius 3 is 3.03 bits per heavy atom. The molecule has 1 saturated heterocycles. The summed E-state index contributed by atoms with van der Waals surface area (Å²) in [5, 5.41) is 16.8. The molecule has 1 fully saturated rings. The van der Waals surface area contributed by atoms with Crippen molar-refractivity contribution in [3.63, 3.8) is 0 Å². The lowest BCUT2D eigenvalue weighted by atomic mass is 10.0. The van der Waals surface area contributed by atoms with Crippen LogP contribution in [0.3, 0.4) is 0 Å². The lowest BCUT2D eigenvalue weighted by Gasteiger charge is -2.36. The molecule has 0 aliphatic carbocycles. The van der Waals surface area contributed by atoms with Crippen molar-refractivity contribution in [2.75, 3.05) is 38.7 Å². The maximum atomic E-state index is 14.6. The van der Waals surface area contributed by atoms with Gasteiger partial charge in [-0.2, -0.15) is 0 Å². The van der Waals surface area contributed by atoms with Crippen molar-refractivity contribution in [1.29, 1.82) is 0 Å². The van der Waals surface area contributed by atoms with Crippen molar-refractivity contribution in [2.45, 2.75) is 31.5 Å². The standard InChI is InChI=1S/C24H27FN6O4/c1-34-22-5-3-18-23(30-22)15(16(25)11-27-18)6-8-31-9-7-17(19(32)12-31)26-10-14-2-4-20-24(28-14)29-21(33)13-35-20/h2-5,11,17,19,26,32H,6-10,12-13H2,1H3,(H,28,29,33)/t17-,19+/m0/s1. The number of likely N-dealkylation sites (tertiary alicyclic amines) is 1. The number of hydrogen-bond acceptors (Lipinski definition) is 9. The number of ether oxygens (including phenoxy) is 2. The van der Waals surface area contributed by atoms with E-state index < -0.39 is 11.9 Å². The molecule has 5 heterocycles. The third kappa shape index (κ3) is 5.16. The van der Waals surface area contributed by atoms with Crippen molar-refractivity contribution in [3.05, 3.63) is 47.5 Å². The molecule has 184 valence electrons. The zero-order chi connectivity index (χ0) is 24.4. The number of methoxy groups -OCH3 is 1. The molecule has 3 aromatic rings. The van der Waals surface area contributed by atoms with Gasteiger partial charge in [-0.05, 0) is 37.6 Å². The van der Waals surface area contributed by atoms with Gasteiger partial charge < -0.3 is 30.1 Å². The van der Waals surface area contributed by atoms with E-state index in [1.165, 1.54) is 13.3 Å². The zero-order valence-corrected chi connectivity index (χ0v) is 19.3. The normalized spacial score (nSPS) is 20.3. The summed E-state index contributed by atoms with van der Waals surface area (Å²) in [6.45, 7) is 2.27. The van der Waals surface area contributed by atoms with Crippen LogP contribution in [0.15, 0.2) is 30.5 Å². The summed E-state index contributed by atoms with van der Waals surface area (Å²) in [6.07, 6.45) is 1.82. The predicted octanol–water partition coefficient (Wildman–Crippen LogP) is 1.27. The van der Waals surface area contributed by atoms with Crippen molar-refractivity contribution in [1.82, 2.24) is 25.2 Å². The minimum absolute atomic E-state index is 0.00816. The van der Waals surface area contributed by atoms with Gasteiger partial charge >= 0.3 is 0 Å². The SMILES string of the molecule is COc1ccc2ncc(F)c(CCN3CC[C@H](NCc4ccc5c(n4)NC(=O)CO5)[C@H](O)C3)c2n1. The summed E-state index contributed by atoms with van der Waals surface area (Å²) >= 11 is 0. The van der Waals surface area contributed by atoms with Gasteiger partial charge in [0, 0.05) is 37.3 Å². The van der Waals surface area contributed by atoms with Gasteiger partial charge in [0.15, 0.2) is 18.2 Å². The van der Waals surface area contributed by atoms with Gasteiger partial charge in [-0.3, -0.25) is 9.78 Å². The van der Waals surface area contributed by atoms with E-state index >= 15 is 0 Å². The molecule has 10 nitrogen and oxygen atoms in total. The van der Waals surface area contributed by atoms with Crippen LogP contribution in [0.1, 0.15) is 17.7 Å². The van der Waals surface area contributed by atoms with Crippen LogP contribution in [0.2, 0.25) is 0 Å². The second-order valence-corrected chi connectivity index (χ2v) is 8.69. The minimum Gasteiger partial charge on any atom is -0.481 e. The number of rotatable bonds is 7. The molecule has 3 N–H and O–H groups in total. The lowest BCUT2D eigenvalue weighted by molar-refractivity contribution is -0.118. The number of halogens is 1. The Balaban J connectivity index is 1.16. The average Bonchev–Trinajstić information content (AvgIpc) is 2.87. The van der Waals surface area contributed by atoms with Gasteiger partial charge in [-0.15, -0.1) is 0 Å². The van der Waals surface area contributed by atoms with E-state index in [1.807, 2.05) is 6.07 Å². The molecule has 35 heavy (non-hydrogen) atoms. The molecule has 5 rings (SSSR count). The second kappa shape index (κ2) is 10.1. The summed E-state index contributed by atoms with van der Waals surface area (Å²) in [5.41, 5.74) is 2.36. The van der Waals surface area contributed by atoms with Crippen molar-refractivity contribution in [3.8, 4) is 11.6 Å². The fourth-order valence-corrected chi connectivity index (χ4v) is 4.48. The first-order valence-corrected chi connectivity index (χ1v) is 11.5. The zero-order valence-electron chi connectivity index (χ0n) is 19.3. The Kier molecular flexibility index (Phi) is 6.71. The Morgan fingerprint density at radius 1 is 1.31 bits per heavy atom. The fraction of sp³-hybridized carbons (Fsp3) is 0.417. The number of carbonyl (C=O) groups is 1. The molecule has 11 heteroatoms. The quantitative estimate of drug-likeness (QED) is 0.457. The molecule has 0 radical (unpaired) electrons. The highest BCUT2D eigenvalue weighted by Crippen LogP contribution is 2.26. The Labute approximate surface area is 201 Å². The number of pyridine rings is 3. The maximum Gasteiger partial charge on any atom is 0.263 e. The molecular formula is C24H27FN6O4. The number of aromatic nitrogens is 3. The molecule has 0 aromatic carbocycles. The van der Waals surface area contributed by atoms with Gasteiger partial charge in [-0.25, -0.2) is 14.4 Å². The van der Waals surface area contributed by atoms with E-state index in [-0.39, 0.29) is 18.6 Å². The number of hydrogen-bond donors (Lipinski definition) is 3. The van der Waals surface area contributed by atoms with Crippen molar-refractivity contribution in [2.24, 2.45) is 0 Å². The Morgan fingerprint density at radius 2 is 2.20 bits per heavy atom. The number of nitrogens with one attached hydrogen (secondary N) is 2. The van der Waals surface area contributed by atoms with Gasteiger partial charge in [0.05, 0.1) is 36.1 Å². The summed E-state index contributed by atoms with van der Waals surface area (Å²) in [6, 6.07) is 6.99.